The molecule has 0 atom stereocenters. The fourth-order valence-electron chi connectivity index (χ4n) is 4.39. The van der Waals surface area contributed by atoms with E-state index in [0.717, 1.165) is 72.4 Å². The van der Waals surface area contributed by atoms with Gasteiger partial charge >= 0.3 is 0 Å². The summed E-state index contributed by atoms with van der Waals surface area (Å²) in [7, 11) is 1.70. The molecule has 8 heteroatoms. The van der Waals surface area contributed by atoms with E-state index < -0.39 is 0 Å². The van der Waals surface area contributed by atoms with Gasteiger partial charge in [0.05, 0.1) is 24.5 Å². The molecule has 0 saturated carbocycles. The summed E-state index contributed by atoms with van der Waals surface area (Å²) in [4.78, 5) is 12.1. The zero-order chi connectivity index (χ0) is 20.8. The van der Waals surface area contributed by atoms with Gasteiger partial charge in [-0.15, -0.1) is 0 Å². The number of anilines is 3. The maximum atomic E-state index is 5.39. The summed E-state index contributed by atoms with van der Waals surface area (Å²) in [5.41, 5.74) is 6.82. The van der Waals surface area contributed by atoms with Crippen molar-refractivity contribution in [1.82, 2.24) is 25.5 Å². The van der Waals surface area contributed by atoms with E-state index in [1.165, 1.54) is 16.7 Å². The number of ether oxygens (including phenoxy) is 1. The highest BCUT2D eigenvalue weighted by atomic mass is 16.5. The number of H-pyrrole nitrogens is 1. The highest BCUT2D eigenvalue weighted by Crippen LogP contribution is 2.32. The Labute approximate surface area is 179 Å². The Morgan fingerprint density at radius 1 is 1.06 bits per heavy atom. The van der Waals surface area contributed by atoms with Gasteiger partial charge in [0.15, 0.2) is 0 Å². The Kier molecular flexibility index (Phi) is 4.24. The van der Waals surface area contributed by atoms with Crippen LogP contribution in [0, 0.1) is 0 Å². The van der Waals surface area contributed by atoms with Crippen LogP contribution in [0.2, 0.25) is 0 Å². The number of nitrogens with zero attached hydrogens (tertiary/aromatic N) is 4. The molecule has 2 aliphatic heterocycles. The third-order valence-corrected chi connectivity index (χ3v) is 6.05. The summed E-state index contributed by atoms with van der Waals surface area (Å²) < 4.78 is 5.39. The molecule has 0 aliphatic carbocycles. The van der Waals surface area contributed by atoms with Gasteiger partial charge < -0.3 is 20.3 Å². The van der Waals surface area contributed by atoms with E-state index >= 15 is 0 Å². The summed E-state index contributed by atoms with van der Waals surface area (Å²) in [6, 6.07) is 12.4. The number of rotatable bonds is 4. The maximum Gasteiger partial charge on any atom is 0.228 e. The minimum Gasteiger partial charge on any atom is -0.497 e. The van der Waals surface area contributed by atoms with Crippen LogP contribution in [0.3, 0.4) is 0 Å². The predicted octanol–water partition coefficient (Wildman–Crippen LogP) is 3.27. The Hall–Kier alpha value is -3.65. The van der Waals surface area contributed by atoms with Gasteiger partial charge in [0.2, 0.25) is 5.95 Å². The molecule has 0 fully saturated rings. The molecule has 0 spiro atoms. The van der Waals surface area contributed by atoms with Crippen LogP contribution in [-0.4, -0.2) is 33.8 Å². The second kappa shape index (κ2) is 7.24. The molecular formula is C23H23N7O. The number of hydrogen-bond acceptors (Lipinski definition) is 7. The van der Waals surface area contributed by atoms with Gasteiger partial charge in [0.25, 0.3) is 0 Å². The third-order valence-electron chi connectivity index (χ3n) is 6.05. The van der Waals surface area contributed by atoms with Crippen LogP contribution < -0.4 is 20.3 Å². The first-order chi connectivity index (χ1) is 15.3. The van der Waals surface area contributed by atoms with Gasteiger partial charge in [-0.05, 0) is 54.4 Å². The summed E-state index contributed by atoms with van der Waals surface area (Å²) in [5, 5.41) is 15.2. The van der Waals surface area contributed by atoms with E-state index in [-0.39, 0.29) is 0 Å². The molecule has 2 aliphatic rings. The van der Waals surface area contributed by atoms with E-state index in [4.69, 9.17) is 14.7 Å². The van der Waals surface area contributed by atoms with Crippen molar-refractivity contribution < 1.29 is 4.74 Å². The quantitative estimate of drug-likeness (QED) is 0.473. The van der Waals surface area contributed by atoms with Crippen LogP contribution in [0.25, 0.3) is 10.9 Å². The van der Waals surface area contributed by atoms with Crippen molar-refractivity contribution in [3.63, 3.8) is 0 Å². The van der Waals surface area contributed by atoms with E-state index in [0.29, 0.717) is 0 Å². The summed E-state index contributed by atoms with van der Waals surface area (Å²) in [5.74, 6) is 2.52. The van der Waals surface area contributed by atoms with Gasteiger partial charge in [-0.2, -0.15) is 10.1 Å². The molecule has 0 amide bonds. The molecule has 4 heterocycles. The Bertz CT molecular complexity index is 1280. The van der Waals surface area contributed by atoms with Crippen LogP contribution in [-0.2, 0) is 26.1 Å². The first kappa shape index (κ1) is 18.1. The summed E-state index contributed by atoms with van der Waals surface area (Å²) in [6.07, 6.45) is 2.74. The predicted molar refractivity (Wildman–Crippen MR) is 120 cm³/mol. The van der Waals surface area contributed by atoms with E-state index in [2.05, 4.69) is 43.9 Å². The molecule has 6 rings (SSSR count). The van der Waals surface area contributed by atoms with Crippen molar-refractivity contribution in [3.8, 4) is 5.75 Å². The van der Waals surface area contributed by atoms with Crippen molar-refractivity contribution in [2.24, 2.45) is 0 Å². The van der Waals surface area contributed by atoms with Crippen molar-refractivity contribution in [3.05, 3.63) is 65.0 Å². The first-order valence-electron chi connectivity index (χ1n) is 10.5. The maximum absolute atomic E-state index is 5.39. The van der Waals surface area contributed by atoms with Gasteiger partial charge in [0, 0.05) is 36.3 Å². The number of aromatic nitrogens is 4. The van der Waals surface area contributed by atoms with Gasteiger partial charge in [0.1, 0.15) is 11.6 Å². The highest BCUT2D eigenvalue weighted by Gasteiger charge is 2.25. The standard InChI is InChI=1S/C23H23N7O/c1-31-18-4-2-14-12-30(13-16(14)9-18)23-27-21-11-24-7-6-19(21)22(28-23)26-17-3-5-20-15(8-17)10-25-29-20/h2-5,8-10,24H,6-7,11-13H2,1H3,(H,25,29)(H,26,27,28). The van der Waals surface area contributed by atoms with Crippen LogP contribution in [0.15, 0.2) is 42.6 Å². The molecule has 2 aromatic heterocycles. The minimum atomic E-state index is 0.754. The fraction of sp³-hybridized carbons (Fsp3) is 0.261. The van der Waals surface area contributed by atoms with Crippen molar-refractivity contribution in [2.75, 3.05) is 23.9 Å². The van der Waals surface area contributed by atoms with Crippen molar-refractivity contribution >= 4 is 28.4 Å². The normalized spacial score (nSPS) is 15.1. The molecule has 156 valence electrons. The Morgan fingerprint density at radius 2 is 2.00 bits per heavy atom. The van der Waals surface area contributed by atoms with Crippen LogP contribution >= 0.6 is 0 Å². The fourth-order valence-corrected chi connectivity index (χ4v) is 4.39. The molecule has 2 aromatic carbocycles. The topological polar surface area (TPSA) is 91.0 Å². The van der Waals surface area contributed by atoms with Crippen molar-refractivity contribution in [1.29, 1.82) is 0 Å². The molecule has 0 radical (unpaired) electrons. The summed E-state index contributed by atoms with van der Waals surface area (Å²) >= 11 is 0. The Morgan fingerprint density at radius 3 is 2.94 bits per heavy atom. The minimum absolute atomic E-state index is 0.754. The van der Waals surface area contributed by atoms with E-state index in [1.54, 1.807) is 7.11 Å². The van der Waals surface area contributed by atoms with Crippen LogP contribution in [0.1, 0.15) is 22.4 Å². The van der Waals surface area contributed by atoms with Gasteiger partial charge in [-0.3, -0.25) is 5.10 Å². The number of nitrogens with one attached hydrogen (secondary N) is 3. The number of benzene rings is 2. The molecule has 0 unspecified atom stereocenters. The van der Waals surface area contributed by atoms with Crippen LogP contribution in [0.5, 0.6) is 5.75 Å². The molecule has 0 saturated heterocycles. The highest BCUT2D eigenvalue weighted by molar-refractivity contribution is 5.83. The molecule has 8 nitrogen and oxygen atoms in total. The molecule has 0 bridgehead atoms. The van der Waals surface area contributed by atoms with E-state index in [1.807, 2.05) is 24.4 Å². The zero-order valence-corrected chi connectivity index (χ0v) is 17.3. The average molecular weight is 413 g/mol. The molecule has 4 aromatic rings. The average Bonchev–Trinajstić information content (AvgIpc) is 3.45. The second-order valence-corrected chi connectivity index (χ2v) is 8.01. The lowest BCUT2D eigenvalue weighted by Crippen LogP contribution is -2.28. The van der Waals surface area contributed by atoms with Crippen LogP contribution in [0.4, 0.5) is 17.5 Å². The lowest BCUT2D eigenvalue weighted by atomic mass is 10.1. The van der Waals surface area contributed by atoms with Gasteiger partial charge in [-0.1, -0.05) is 6.07 Å². The van der Waals surface area contributed by atoms with Gasteiger partial charge in [-0.25, -0.2) is 4.98 Å². The number of hydrogen-bond donors (Lipinski definition) is 3. The zero-order valence-electron chi connectivity index (χ0n) is 17.3. The first-order valence-corrected chi connectivity index (χ1v) is 10.5. The largest absolute Gasteiger partial charge is 0.497 e. The molecule has 3 N–H and O–H groups in total. The SMILES string of the molecule is COc1ccc2c(c1)CN(c1nc3c(c(Nc4ccc5[nH]ncc5c4)n1)CCNC3)C2. The van der Waals surface area contributed by atoms with Crippen molar-refractivity contribution in [2.45, 2.75) is 26.1 Å². The number of fused-ring (bicyclic) bond motifs is 3. The second-order valence-electron chi connectivity index (χ2n) is 8.01. The smallest absolute Gasteiger partial charge is 0.228 e. The lowest BCUT2D eigenvalue weighted by Gasteiger charge is -2.24. The number of methoxy groups -OCH3 is 1. The molecular weight excluding hydrogens is 390 g/mol. The lowest BCUT2D eigenvalue weighted by molar-refractivity contribution is 0.414. The van der Waals surface area contributed by atoms with E-state index in [9.17, 15) is 0 Å². The molecule has 31 heavy (non-hydrogen) atoms. The summed E-state index contributed by atoms with van der Waals surface area (Å²) in [6.45, 7) is 3.26. The number of aromatic amines is 1. The Balaban J connectivity index is 1.36. The third kappa shape index (κ3) is 3.25. The monoisotopic (exact) mass is 413 g/mol.